The van der Waals surface area contributed by atoms with Crippen LogP contribution in [0, 0.1) is 0 Å². The Labute approximate surface area is 114 Å². The van der Waals surface area contributed by atoms with E-state index in [-0.39, 0.29) is 0 Å². The molecule has 102 valence electrons. The van der Waals surface area contributed by atoms with Crippen molar-refractivity contribution in [2.45, 2.75) is 25.7 Å². The van der Waals surface area contributed by atoms with Gasteiger partial charge in [-0.15, -0.1) is 0 Å². The number of para-hydroxylation sites is 1. The molecule has 2 N–H and O–H groups in total. The Morgan fingerprint density at radius 3 is 2.74 bits per heavy atom. The molecule has 0 amide bonds. The molecule has 1 saturated heterocycles. The number of aromatic amines is 1. The Kier molecular flexibility index (Phi) is 3.98. The maximum atomic E-state index is 4.34. The first-order chi connectivity index (χ1) is 9.43. The second-order valence-electron chi connectivity index (χ2n) is 5.30. The van der Waals surface area contributed by atoms with E-state index in [4.69, 9.17) is 0 Å². The Bertz CT molecular complexity index is 512. The maximum Gasteiger partial charge on any atom is 0.155 e. The van der Waals surface area contributed by atoms with Gasteiger partial charge in [-0.1, -0.05) is 25.0 Å². The molecule has 1 aromatic heterocycles. The van der Waals surface area contributed by atoms with Crippen LogP contribution >= 0.6 is 0 Å². The second-order valence-corrected chi connectivity index (χ2v) is 5.30. The van der Waals surface area contributed by atoms with Crippen LogP contribution in [0.4, 0.5) is 5.82 Å². The highest BCUT2D eigenvalue weighted by molar-refractivity contribution is 5.89. The Morgan fingerprint density at radius 1 is 1.11 bits per heavy atom. The molecule has 0 spiro atoms. The van der Waals surface area contributed by atoms with Gasteiger partial charge in [0.15, 0.2) is 5.82 Å². The van der Waals surface area contributed by atoms with Gasteiger partial charge in [-0.2, -0.15) is 5.10 Å². The number of aromatic nitrogens is 2. The average molecular weight is 258 g/mol. The van der Waals surface area contributed by atoms with Crippen LogP contribution in [0.1, 0.15) is 25.7 Å². The zero-order valence-corrected chi connectivity index (χ0v) is 11.4. The van der Waals surface area contributed by atoms with Crippen LogP contribution in [0.25, 0.3) is 10.9 Å². The van der Waals surface area contributed by atoms with Gasteiger partial charge in [0.1, 0.15) is 0 Å². The minimum atomic E-state index is 0.967. The summed E-state index contributed by atoms with van der Waals surface area (Å²) in [6, 6.07) is 8.24. The molecule has 0 aliphatic carbocycles. The smallest absolute Gasteiger partial charge is 0.155 e. The molecular formula is C15H22N4. The minimum absolute atomic E-state index is 0.967. The number of hydrogen-bond donors (Lipinski definition) is 2. The van der Waals surface area contributed by atoms with Crippen molar-refractivity contribution in [2.24, 2.45) is 0 Å². The molecular weight excluding hydrogens is 236 g/mol. The molecule has 1 aliphatic heterocycles. The third-order valence-electron chi connectivity index (χ3n) is 3.89. The number of likely N-dealkylation sites (tertiary alicyclic amines) is 1. The van der Waals surface area contributed by atoms with Crippen molar-refractivity contribution >= 4 is 16.7 Å². The van der Waals surface area contributed by atoms with Crippen LogP contribution in [0.5, 0.6) is 0 Å². The molecule has 19 heavy (non-hydrogen) atoms. The number of fused-ring (bicyclic) bond motifs is 1. The fourth-order valence-corrected chi connectivity index (χ4v) is 2.79. The molecule has 3 rings (SSSR count). The molecule has 0 atom stereocenters. The summed E-state index contributed by atoms with van der Waals surface area (Å²) in [5.74, 6) is 0.977. The molecule has 2 aromatic rings. The van der Waals surface area contributed by atoms with Gasteiger partial charge in [-0.05, 0) is 38.1 Å². The lowest BCUT2D eigenvalue weighted by atomic mass is 10.2. The molecule has 0 bridgehead atoms. The standard InChI is InChI=1S/C15H22N4/c1-2-6-11-19(10-5-1)12-9-16-15-13-7-3-4-8-14(13)17-18-15/h3-4,7-8H,1-2,5-6,9-12H2,(H2,16,17,18). The molecule has 2 heterocycles. The zero-order valence-electron chi connectivity index (χ0n) is 11.4. The van der Waals surface area contributed by atoms with Gasteiger partial charge >= 0.3 is 0 Å². The normalized spacial score (nSPS) is 17.5. The Morgan fingerprint density at radius 2 is 1.89 bits per heavy atom. The number of nitrogens with zero attached hydrogens (tertiary/aromatic N) is 2. The minimum Gasteiger partial charge on any atom is -0.367 e. The maximum absolute atomic E-state index is 4.34. The second kappa shape index (κ2) is 6.06. The van der Waals surface area contributed by atoms with Gasteiger partial charge in [0.2, 0.25) is 0 Å². The molecule has 0 unspecified atom stereocenters. The van der Waals surface area contributed by atoms with Gasteiger partial charge in [0.25, 0.3) is 0 Å². The van der Waals surface area contributed by atoms with Crippen LogP contribution < -0.4 is 5.32 Å². The predicted octanol–water partition coefficient (Wildman–Crippen LogP) is 2.85. The van der Waals surface area contributed by atoms with Gasteiger partial charge in [0, 0.05) is 18.5 Å². The van der Waals surface area contributed by atoms with E-state index in [1.54, 1.807) is 0 Å². The lowest BCUT2D eigenvalue weighted by Crippen LogP contribution is -2.30. The summed E-state index contributed by atoms with van der Waals surface area (Å²) in [6.07, 6.45) is 5.50. The van der Waals surface area contributed by atoms with Crippen molar-refractivity contribution in [3.8, 4) is 0 Å². The first-order valence-corrected chi connectivity index (χ1v) is 7.33. The highest BCUT2D eigenvalue weighted by Gasteiger charge is 2.09. The van der Waals surface area contributed by atoms with Crippen molar-refractivity contribution in [2.75, 3.05) is 31.5 Å². The van der Waals surface area contributed by atoms with Gasteiger partial charge in [-0.3, -0.25) is 5.10 Å². The number of rotatable bonds is 4. The largest absolute Gasteiger partial charge is 0.367 e. The van der Waals surface area contributed by atoms with E-state index in [9.17, 15) is 0 Å². The molecule has 1 fully saturated rings. The van der Waals surface area contributed by atoms with E-state index in [0.29, 0.717) is 0 Å². The summed E-state index contributed by atoms with van der Waals surface area (Å²) >= 11 is 0. The van der Waals surface area contributed by atoms with Crippen molar-refractivity contribution in [1.29, 1.82) is 0 Å². The number of anilines is 1. The van der Waals surface area contributed by atoms with Crippen molar-refractivity contribution in [3.63, 3.8) is 0 Å². The predicted molar refractivity (Wildman–Crippen MR) is 79.5 cm³/mol. The van der Waals surface area contributed by atoms with E-state index in [1.807, 2.05) is 6.07 Å². The summed E-state index contributed by atoms with van der Waals surface area (Å²) in [5, 5.41) is 12.0. The molecule has 0 radical (unpaired) electrons. The molecule has 4 nitrogen and oxygen atoms in total. The number of hydrogen-bond acceptors (Lipinski definition) is 3. The first-order valence-electron chi connectivity index (χ1n) is 7.33. The highest BCUT2D eigenvalue weighted by atomic mass is 15.2. The number of nitrogens with one attached hydrogen (secondary N) is 2. The molecule has 1 aromatic carbocycles. The summed E-state index contributed by atoms with van der Waals surface area (Å²) < 4.78 is 0. The van der Waals surface area contributed by atoms with Crippen LogP contribution in [0.2, 0.25) is 0 Å². The SMILES string of the molecule is c1ccc2c(NCCN3CCCCCC3)n[nH]c2c1. The van der Waals surface area contributed by atoms with E-state index in [1.165, 1.54) is 44.2 Å². The number of H-pyrrole nitrogens is 1. The van der Waals surface area contributed by atoms with Crippen LogP contribution in [0.3, 0.4) is 0 Å². The monoisotopic (exact) mass is 258 g/mol. The fourth-order valence-electron chi connectivity index (χ4n) is 2.79. The quantitative estimate of drug-likeness (QED) is 0.886. The summed E-state index contributed by atoms with van der Waals surface area (Å²) in [4.78, 5) is 2.56. The summed E-state index contributed by atoms with van der Waals surface area (Å²) in [5.41, 5.74) is 1.10. The van der Waals surface area contributed by atoms with Gasteiger partial charge in [0.05, 0.1) is 5.52 Å². The third-order valence-corrected chi connectivity index (χ3v) is 3.89. The molecule has 0 saturated carbocycles. The lowest BCUT2D eigenvalue weighted by molar-refractivity contribution is 0.296. The Hall–Kier alpha value is -1.55. The summed E-state index contributed by atoms with van der Waals surface area (Å²) in [7, 11) is 0. The zero-order chi connectivity index (χ0) is 12.9. The van der Waals surface area contributed by atoms with Crippen molar-refractivity contribution < 1.29 is 0 Å². The molecule has 4 heteroatoms. The van der Waals surface area contributed by atoms with Crippen molar-refractivity contribution in [1.82, 2.24) is 15.1 Å². The van der Waals surface area contributed by atoms with Crippen LogP contribution in [-0.2, 0) is 0 Å². The first kappa shape index (κ1) is 12.5. The topological polar surface area (TPSA) is 44.0 Å². The van der Waals surface area contributed by atoms with Crippen LogP contribution in [0.15, 0.2) is 24.3 Å². The third kappa shape index (κ3) is 3.07. The Balaban J connectivity index is 1.54. The van der Waals surface area contributed by atoms with Gasteiger partial charge in [-0.25, -0.2) is 0 Å². The van der Waals surface area contributed by atoms with E-state index < -0.39 is 0 Å². The average Bonchev–Trinajstić information content (AvgIpc) is 2.68. The lowest BCUT2D eigenvalue weighted by Gasteiger charge is -2.19. The van der Waals surface area contributed by atoms with E-state index in [2.05, 4.69) is 38.6 Å². The van der Waals surface area contributed by atoms with E-state index >= 15 is 0 Å². The van der Waals surface area contributed by atoms with E-state index in [0.717, 1.165) is 24.4 Å². The number of benzene rings is 1. The van der Waals surface area contributed by atoms with Crippen molar-refractivity contribution in [3.05, 3.63) is 24.3 Å². The van der Waals surface area contributed by atoms with Crippen LogP contribution in [-0.4, -0.2) is 41.3 Å². The van der Waals surface area contributed by atoms with Gasteiger partial charge < -0.3 is 10.2 Å². The molecule has 1 aliphatic rings. The highest BCUT2D eigenvalue weighted by Crippen LogP contribution is 2.19. The summed E-state index contributed by atoms with van der Waals surface area (Å²) in [6.45, 7) is 4.59. The fraction of sp³-hybridized carbons (Fsp3) is 0.533.